The van der Waals surface area contributed by atoms with Crippen LogP contribution < -0.4 is 5.32 Å². The zero-order valence-corrected chi connectivity index (χ0v) is 13.4. The van der Waals surface area contributed by atoms with Crippen molar-refractivity contribution in [3.63, 3.8) is 0 Å². The Balaban J connectivity index is 2.87. The fourth-order valence-electron chi connectivity index (χ4n) is 1.53. The smallest absolute Gasteiger partial charge is 0.243 e. The lowest BCUT2D eigenvalue weighted by atomic mass is 10.4. The minimum absolute atomic E-state index is 0.106. The Labute approximate surface area is 127 Å². The highest BCUT2D eigenvalue weighted by Crippen LogP contribution is 2.18. The molecule has 1 amide bonds. The van der Waals surface area contributed by atoms with Crippen LogP contribution in [0.2, 0.25) is 0 Å². The Kier molecular flexibility index (Phi) is 6.60. The van der Waals surface area contributed by atoms with Gasteiger partial charge in [-0.3, -0.25) is 4.79 Å². The van der Waals surface area contributed by atoms with Gasteiger partial charge in [-0.1, -0.05) is 22.9 Å². The number of benzene rings is 1. The molecular formula is C12H17BrN2O4S. The molecule has 0 aliphatic heterocycles. The number of rotatable bonds is 7. The zero-order valence-electron chi connectivity index (χ0n) is 11.0. The Morgan fingerprint density at radius 2 is 1.95 bits per heavy atom. The van der Waals surface area contributed by atoms with Crippen LogP contribution in [0.4, 0.5) is 0 Å². The van der Waals surface area contributed by atoms with E-state index < -0.39 is 15.9 Å². The van der Waals surface area contributed by atoms with E-state index in [-0.39, 0.29) is 31.1 Å². The van der Waals surface area contributed by atoms with Gasteiger partial charge in [0.05, 0.1) is 18.0 Å². The maximum absolute atomic E-state index is 12.4. The van der Waals surface area contributed by atoms with Crippen molar-refractivity contribution in [3.05, 3.63) is 28.7 Å². The number of sulfonamides is 1. The van der Waals surface area contributed by atoms with Gasteiger partial charge in [-0.25, -0.2) is 8.42 Å². The van der Waals surface area contributed by atoms with Gasteiger partial charge in [0.2, 0.25) is 15.9 Å². The zero-order chi connectivity index (χ0) is 15.2. The van der Waals surface area contributed by atoms with Gasteiger partial charge in [-0.05, 0) is 24.3 Å². The first-order valence-corrected chi connectivity index (χ1v) is 8.28. The molecule has 0 radical (unpaired) electrons. The summed E-state index contributed by atoms with van der Waals surface area (Å²) >= 11 is 3.24. The van der Waals surface area contributed by atoms with Gasteiger partial charge >= 0.3 is 0 Å². The second-order valence-electron chi connectivity index (χ2n) is 3.96. The molecule has 0 unspecified atom stereocenters. The first-order chi connectivity index (χ1) is 9.41. The lowest BCUT2D eigenvalue weighted by Crippen LogP contribution is -2.41. The molecule has 0 saturated carbocycles. The normalized spacial score (nSPS) is 11.6. The van der Waals surface area contributed by atoms with Crippen molar-refractivity contribution in [2.24, 2.45) is 0 Å². The third-order valence-corrected chi connectivity index (χ3v) is 5.02. The molecule has 0 bridgehead atoms. The highest BCUT2D eigenvalue weighted by molar-refractivity contribution is 9.10. The maximum Gasteiger partial charge on any atom is 0.243 e. The predicted octanol–water partition coefficient (Wildman–Crippen LogP) is 0.568. The Morgan fingerprint density at radius 1 is 1.35 bits per heavy atom. The minimum atomic E-state index is -3.70. The van der Waals surface area contributed by atoms with E-state index in [9.17, 15) is 13.2 Å². The van der Waals surface area contributed by atoms with Crippen molar-refractivity contribution in [1.82, 2.24) is 9.62 Å². The van der Waals surface area contributed by atoms with E-state index >= 15 is 0 Å². The molecule has 0 atom stereocenters. The number of nitrogens with zero attached hydrogens (tertiary/aromatic N) is 1. The largest absolute Gasteiger partial charge is 0.395 e. The highest BCUT2D eigenvalue weighted by atomic mass is 79.9. The van der Waals surface area contributed by atoms with Crippen LogP contribution >= 0.6 is 15.9 Å². The van der Waals surface area contributed by atoms with Crippen molar-refractivity contribution >= 4 is 31.9 Å². The fraction of sp³-hybridized carbons (Fsp3) is 0.417. The molecule has 0 saturated heterocycles. The summed E-state index contributed by atoms with van der Waals surface area (Å²) in [6.07, 6.45) is 0. The average Bonchev–Trinajstić information content (AvgIpc) is 2.42. The summed E-state index contributed by atoms with van der Waals surface area (Å²) in [5.74, 6) is -0.443. The Bertz CT molecular complexity index is 545. The topological polar surface area (TPSA) is 86.7 Å². The molecule has 0 aliphatic rings. The number of carbonyl (C=O) groups is 1. The van der Waals surface area contributed by atoms with Crippen LogP contribution in [0.15, 0.2) is 33.6 Å². The summed E-state index contributed by atoms with van der Waals surface area (Å²) in [5, 5.41) is 11.0. The number of aliphatic hydroxyl groups is 1. The van der Waals surface area contributed by atoms with Crippen LogP contribution in [-0.4, -0.2) is 50.0 Å². The van der Waals surface area contributed by atoms with Crippen LogP contribution in [0.3, 0.4) is 0 Å². The molecule has 0 aliphatic carbocycles. The summed E-state index contributed by atoms with van der Waals surface area (Å²) in [6.45, 7) is 1.50. The van der Waals surface area contributed by atoms with Gasteiger partial charge < -0.3 is 10.4 Å². The van der Waals surface area contributed by atoms with E-state index in [2.05, 4.69) is 21.2 Å². The van der Waals surface area contributed by atoms with Crippen molar-refractivity contribution in [2.45, 2.75) is 11.8 Å². The lowest BCUT2D eigenvalue weighted by Gasteiger charge is -2.20. The van der Waals surface area contributed by atoms with E-state index in [1.54, 1.807) is 19.1 Å². The molecule has 112 valence electrons. The number of hydrogen-bond acceptors (Lipinski definition) is 4. The number of amides is 1. The molecule has 2 N–H and O–H groups in total. The average molecular weight is 365 g/mol. The summed E-state index contributed by atoms with van der Waals surface area (Å²) < 4.78 is 26.6. The first-order valence-electron chi connectivity index (χ1n) is 6.05. The molecule has 0 aromatic heterocycles. The Hall–Kier alpha value is -0.960. The van der Waals surface area contributed by atoms with Crippen molar-refractivity contribution in [3.8, 4) is 0 Å². The third kappa shape index (κ3) is 4.55. The molecule has 1 rings (SSSR count). The van der Waals surface area contributed by atoms with E-state index in [1.807, 2.05) is 0 Å². The molecule has 1 aromatic rings. The van der Waals surface area contributed by atoms with Crippen LogP contribution in [0.5, 0.6) is 0 Å². The van der Waals surface area contributed by atoms with Gasteiger partial charge in [0.1, 0.15) is 0 Å². The number of nitrogens with one attached hydrogen (secondary N) is 1. The second kappa shape index (κ2) is 7.72. The molecular weight excluding hydrogens is 348 g/mol. The van der Waals surface area contributed by atoms with E-state index in [0.717, 1.165) is 8.78 Å². The van der Waals surface area contributed by atoms with Crippen LogP contribution in [0.25, 0.3) is 0 Å². The molecule has 0 heterocycles. The fourth-order valence-corrected chi connectivity index (χ4v) is 3.20. The summed E-state index contributed by atoms with van der Waals surface area (Å²) in [7, 11) is -3.70. The minimum Gasteiger partial charge on any atom is -0.395 e. The first kappa shape index (κ1) is 17.1. The van der Waals surface area contributed by atoms with Gasteiger partial charge in [0.25, 0.3) is 0 Å². The number of carbonyl (C=O) groups excluding carboxylic acids is 1. The second-order valence-corrected chi connectivity index (χ2v) is 6.81. The monoisotopic (exact) mass is 364 g/mol. The number of likely N-dealkylation sites (N-methyl/N-ethyl adjacent to an activating group) is 1. The van der Waals surface area contributed by atoms with Crippen molar-refractivity contribution in [1.29, 1.82) is 0 Å². The van der Waals surface area contributed by atoms with Crippen molar-refractivity contribution in [2.75, 3.05) is 26.2 Å². The third-order valence-electron chi connectivity index (χ3n) is 2.56. The molecule has 8 heteroatoms. The molecule has 6 nitrogen and oxygen atoms in total. The van der Waals surface area contributed by atoms with Crippen LogP contribution in [-0.2, 0) is 14.8 Å². The molecule has 1 aromatic carbocycles. The van der Waals surface area contributed by atoms with Crippen LogP contribution in [0, 0.1) is 0 Å². The van der Waals surface area contributed by atoms with Gasteiger partial charge in [-0.15, -0.1) is 0 Å². The number of aliphatic hydroxyl groups excluding tert-OH is 1. The van der Waals surface area contributed by atoms with Crippen molar-refractivity contribution < 1.29 is 18.3 Å². The predicted molar refractivity (Wildman–Crippen MR) is 78.7 cm³/mol. The van der Waals surface area contributed by atoms with E-state index in [4.69, 9.17) is 5.11 Å². The Morgan fingerprint density at radius 3 is 2.45 bits per heavy atom. The van der Waals surface area contributed by atoms with Gasteiger partial charge in [0, 0.05) is 17.6 Å². The van der Waals surface area contributed by atoms with Crippen LogP contribution in [0.1, 0.15) is 6.92 Å². The summed E-state index contributed by atoms with van der Waals surface area (Å²) in [4.78, 5) is 11.7. The molecule has 0 fully saturated rings. The van der Waals surface area contributed by atoms with Gasteiger partial charge in [-0.2, -0.15) is 4.31 Å². The quantitative estimate of drug-likeness (QED) is 0.740. The SMILES string of the molecule is CCN(CC(=O)NCCO)S(=O)(=O)c1ccc(Br)cc1. The van der Waals surface area contributed by atoms with E-state index in [1.165, 1.54) is 12.1 Å². The summed E-state index contributed by atoms with van der Waals surface area (Å²) in [6, 6.07) is 6.22. The standard InChI is InChI=1S/C12H17BrN2O4S/c1-2-15(9-12(17)14-7-8-16)20(18,19)11-5-3-10(13)4-6-11/h3-6,16H,2,7-9H2,1H3,(H,14,17). The number of halogens is 1. The lowest BCUT2D eigenvalue weighted by molar-refractivity contribution is -0.121. The maximum atomic E-state index is 12.4. The summed E-state index contributed by atoms with van der Waals surface area (Å²) in [5.41, 5.74) is 0. The van der Waals surface area contributed by atoms with E-state index in [0.29, 0.717) is 0 Å². The molecule has 20 heavy (non-hydrogen) atoms. The van der Waals surface area contributed by atoms with Gasteiger partial charge in [0.15, 0.2) is 0 Å². The highest BCUT2D eigenvalue weighted by Gasteiger charge is 2.24. The molecule has 0 spiro atoms. The number of hydrogen-bond donors (Lipinski definition) is 2.